The van der Waals surface area contributed by atoms with Gasteiger partial charge in [-0.2, -0.15) is 5.10 Å². The normalized spacial score (nSPS) is 15.9. The zero-order chi connectivity index (χ0) is 23.6. The van der Waals surface area contributed by atoms with Gasteiger partial charge in [0.2, 0.25) is 5.91 Å². The Morgan fingerprint density at radius 1 is 1.28 bits per heavy atom. The van der Waals surface area contributed by atoms with Crippen LogP contribution < -0.4 is 9.64 Å². The minimum atomic E-state index is -3.11. The molecule has 0 saturated heterocycles. The third-order valence-electron chi connectivity index (χ3n) is 5.56. The van der Waals surface area contributed by atoms with E-state index in [1.54, 1.807) is 43.0 Å². The number of carbonyl (C=O) groups is 2. The van der Waals surface area contributed by atoms with E-state index in [0.29, 0.717) is 12.2 Å². The average molecular weight is 463 g/mol. The number of hydrogen-bond donors (Lipinski definition) is 0. The highest BCUT2D eigenvalue weighted by Gasteiger charge is 2.30. The van der Waals surface area contributed by atoms with E-state index in [9.17, 15) is 18.0 Å². The van der Waals surface area contributed by atoms with Crippen molar-refractivity contribution in [1.29, 1.82) is 0 Å². The second-order valence-corrected chi connectivity index (χ2v) is 10.7. The van der Waals surface area contributed by atoms with E-state index in [1.165, 1.54) is 11.2 Å². The molecule has 9 nitrogen and oxygen atoms in total. The Morgan fingerprint density at radius 2 is 2.00 bits per heavy atom. The Morgan fingerprint density at radius 3 is 2.62 bits per heavy atom. The number of sulfone groups is 1. The van der Waals surface area contributed by atoms with Crippen molar-refractivity contribution in [3.05, 3.63) is 30.1 Å². The van der Waals surface area contributed by atoms with Crippen molar-refractivity contribution in [2.45, 2.75) is 39.3 Å². The largest absolute Gasteiger partial charge is 0.483 e. The minimum Gasteiger partial charge on any atom is -0.483 e. The fraction of sp³-hybridized carbons (Fsp3) is 0.500. The molecule has 0 fully saturated rings. The first-order valence-electron chi connectivity index (χ1n) is 10.5. The van der Waals surface area contributed by atoms with E-state index in [4.69, 9.17) is 4.74 Å². The number of carbonyl (C=O) groups excluding carboxylic acids is 2. The first-order chi connectivity index (χ1) is 15.0. The zero-order valence-electron chi connectivity index (χ0n) is 19.2. The van der Waals surface area contributed by atoms with Gasteiger partial charge in [-0.3, -0.25) is 14.3 Å². The van der Waals surface area contributed by atoms with Crippen LogP contribution in [0.25, 0.3) is 11.1 Å². The molecule has 3 rings (SSSR count). The Labute approximate surface area is 188 Å². The number of anilines is 1. The van der Waals surface area contributed by atoms with Crippen LogP contribution in [0.5, 0.6) is 5.75 Å². The van der Waals surface area contributed by atoms with Crippen LogP contribution in [-0.4, -0.2) is 73.7 Å². The lowest BCUT2D eigenvalue weighted by Crippen LogP contribution is -2.41. The van der Waals surface area contributed by atoms with E-state index in [0.717, 1.165) is 28.8 Å². The van der Waals surface area contributed by atoms with Crippen LogP contribution in [0.2, 0.25) is 0 Å². The van der Waals surface area contributed by atoms with E-state index >= 15 is 0 Å². The molecule has 1 aromatic carbocycles. The third kappa shape index (κ3) is 5.29. The number of rotatable bonds is 7. The number of aromatic nitrogens is 2. The molecule has 0 aliphatic carbocycles. The maximum Gasteiger partial charge on any atom is 0.259 e. The van der Waals surface area contributed by atoms with Crippen LogP contribution >= 0.6 is 0 Å². The molecule has 0 bridgehead atoms. The predicted molar refractivity (Wildman–Crippen MR) is 123 cm³/mol. The van der Waals surface area contributed by atoms with Gasteiger partial charge in [0.25, 0.3) is 5.91 Å². The van der Waals surface area contributed by atoms with Crippen LogP contribution in [0.4, 0.5) is 5.69 Å². The topological polar surface area (TPSA) is 102 Å². The molecule has 1 aliphatic heterocycles. The minimum absolute atomic E-state index is 0.00946. The molecule has 2 aromatic rings. The van der Waals surface area contributed by atoms with Gasteiger partial charge < -0.3 is 14.5 Å². The number of amides is 2. The van der Waals surface area contributed by atoms with Crippen molar-refractivity contribution in [2.75, 3.05) is 37.6 Å². The zero-order valence-corrected chi connectivity index (χ0v) is 20.0. The van der Waals surface area contributed by atoms with Gasteiger partial charge in [0.1, 0.15) is 15.6 Å². The summed E-state index contributed by atoms with van der Waals surface area (Å²) in [5, 5.41) is 4.28. The standard InChI is InChI=1S/C22H30N4O5S/c1-15-6-7-19-20(26(15)16(2)27)9-8-18(22(19)31-14-21(28)24(3)4)17-12-23-25(13-17)10-11-32(5,29)30/h8-9,12-13,15H,6-7,10-11,14H2,1-5H3/t15-/m0/s1. The van der Waals surface area contributed by atoms with Gasteiger partial charge in [0.05, 0.1) is 24.2 Å². The van der Waals surface area contributed by atoms with Crippen molar-refractivity contribution in [2.24, 2.45) is 0 Å². The van der Waals surface area contributed by atoms with E-state index in [-0.39, 0.29) is 36.8 Å². The average Bonchev–Trinajstić information content (AvgIpc) is 3.17. The first kappa shape index (κ1) is 23.8. The summed E-state index contributed by atoms with van der Waals surface area (Å²) in [6.07, 6.45) is 6.10. The molecular formula is C22H30N4O5S. The fourth-order valence-corrected chi connectivity index (χ4v) is 4.34. The van der Waals surface area contributed by atoms with Crippen LogP contribution in [0.1, 0.15) is 25.8 Å². The number of nitrogens with zero attached hydrogens (tertiary/aromatic N) is 4. The first-order valence-corrected chi connectivity index (χ1v) is 12.5. The summed E-state index contributed by atoms with van der Waals surface area (Å²) in [4.78, 5) is 27.7. The molecule has 0 spiro atoms. The van der Waals surface area contributed by atoms with E-state index < -0.39 is 9.84 Å². The maximum absolute atomic E-state index is 12.3. The fourth-order valence-electron chi connectivity index (χ4n) is 3.82. The van der Waals surface area contributed by atoms with E-state index in [2.05, 4.69) is 5.10 Å². The van der Waals surface area contributed by atoms with Crippen molar-refractivity contribution in [1.82, 2.24) is 14.7 Å². The monoisotopic (exact) mass is 462 g/mol. The smallest absolute Gasteiger partial charge is 0.259 e. The number of ether oxygens (including phenoxy) is 1. The highest BCUT2D eigenvalue weighted by molar-refractivity contribution is 7.90. The van der Waals surface area contributed by atoms with Gasteiger partial charge in [-0.1, -0.05) is 0 Å². The molecule has 0 radical (unpaired) electrons. The molecule has 0 saturated carbocycles. The molecule has 10 heteroatoms. The highest BCUT2D eigenvalue weighted by atomic mass is 32.2. The second-order valence-electron chi connectivity index (χ2n) is 8.42. The Hall–Kier alpha value is -2.88. The molecule has 174 valence electrons. The molecule has 0 N–H and O–H groups in total. The second kappa shape index (κ2) is 9.32. The summed E-state index contributed by atoms with van der Waals surface area (Å²) in [6.45, 7) is 3.67. The molecule has 2 amide bonds. The lowest BCUT2D eigenvalue weighted by Gasteiger charge is -2.36. The lowest BCUT2D eigenvalue weighted by molar-refractivity contribution is -0.130. The molecule has 0 unspecified atom stereocenters. The van der Waals surface area contributed by atoms with Gasteiger partial charge in [0.15, 0.2) is 6.61 Å². The molecular weight excluding hydrogens is 432 g/mol. The summed E-state index contributed by atoms with van der Waals surface area (Å²) in [7, 11) is 0.221. The number of aryl methyl sites for hydroxylation is 1. The molecule has 32 heavy (non-hydrogen) atoms. The summed E-state index contributed by atoms with van der Waals surface area (Å²) in [6, 6.07) is 3.83. The molecule has 1 aliphatic rings. The summed E-state index contributed by atoms with van der Waals surface area (Å²) >= 11 is 0. The molecule has 1 atom stereocenters. The van der Waals surface area contributed by atoms with Crippen LogP contribution in [0.3, 0.4) is 0 Å². The molecule has 1 aromatic heterocycles. The molecule has 2 heterocycles. The lowest BCUT2D eigenvalue weighted by atomic mass is 9.92. The number of likely N-dealkylation sites (N-methyl/N-ethyl adjacent to an activating group) is 1. The Kier molecular flexibility index (Phi) is 6.92. The SMILES string of the molecule is CC(=O)N1c2ccc(-c3cnn(CCS(C)(=O)=O)c3)c(OCC(=O)N(C)C)c2CC[C@@H]1C. The number of hydrogen-bond acceptors (Lipinski definition) is 6. The number of benzene rings is 1. The van der Waals surface area contributed by atoms with Gasteiger partial charge >= 0.3 is 0 Å². The van der Waals surface area contributed by atoms with Gasteiger partial charge in [-0.05, 0) is 31.9 Å². The van der Waals surface area contributed by atoms with Crippen LogP contribution in [0.15, 0.2) is 24.5 Å². The predicted octanol–water partition coefficient (Wildman–Crippen LogP) is 1.75. The van der Waals surface area contributed by atoms with Crippen molar-refractivity contribution < 1.29 is 22.7 Å². The van der Waals surface area contributed by atoms with Crippen LogP contribution in [0, 0.1) is 0 Å². The maximum atomic E-state index is 12.3. The van der Waals surface area contributed by atoms with Gasteiger partial charge in [0, 0.05) is 56.2 Å². The van der Waals surface area contributed by atoms with Crippen molar-refractivity contribution >= 4 is 27.3 Å². The highest BCUT2D eigenvalue weighted by Crippen LogP contribution is 2.43. The van der Waals surface area contributed by atoms with Gasteiger partial charge in [-0.15, -0.1) is 0 Å². The van der Waals surface area contributed by atoms with Gasteiger partial charge in [-0.25, -0.2) is 8.42 Å². The number of fused-ring (bicyclic) bond motifs is 1. The Bertz CT molecular complexity index is 1120. The van der Waals surface area contributed by atoms with Crippen LogP contribution in [-0.2, 0) is 32.4 Å². The van der Waals surface area contributed by atoms with Crippen molar-refractivity contribution in [3.63, 3.8) is 0 Å². The van der Waals surface area contributed by atoms with E-state index in [1.807, 2.05) is 19.1 Å². The van der Waals surface area contributed by atoms with Crippen molar-refractivity contribution in [3.8, 4) is 16.9 Å². The quantitative estimate of drug-likeness (QED) is 0.621. The Balaban J connectivity index is 2.03. The third-order valence-corrected chi connectivity index (χ3v) is 6.49. The summed E-state index contributed by atoms with van der Waals surface area (Å²) in [5.41, 5.74) is 3.17. The summed E-state index contributed by atoms with van der Waals surface area (Å²) in [5.74, 6) is 0.323. The summed E-state index contributed by atoms with van der Waals surface area (Å²) < 4.78 is 30.6.